The first-order valence-corrected chi connectivity index (χ1v) is 4.40. The van der Waals surface area contributed by atoms with Gasteiger partial charge in [0.15, 0.2) is 0 Å². The number of benzene rings is 1. The Morgan fingerprint density at radius 2 is 2.25 bits per heavy atom. The number of nitro groups is 1. The number of hydrogen-bond acceptors (Lipinski definition) is 4. The highest BCUT2D eigenvalue weighted by Gasteiger charge is 2.14. The van der Waals surface area contributed by atoms with Crippen LogP contribution in [0.15, 0.2) is 18.2 Å². The summed E-state index contributed by atoms with van der Waals surface area (Å²) in [5.41, 5.74) is -0.307. The first-order valence-electron chi connectivity index (χ1n) is 4.40. The van der Waals surface area contributed by atoms with Crippen LogP contribution in [0.2, 0.25) is 0 Å². The highest BCUT2D eigenvalue weighted by Crippen LogP contribution is 2.24. The van der Waals surface area contributed by atoms with Gasteiger partial charge in [-0.25, -0.2) is 4.39 Å². The average molecular weight is 228 g/mol. The van der Waals surface area contributed by atoms with Crippen LogP contribution in [0.1, 0.15) is 6.42 Å². The Kier molecular flexibility index (Phi) is 3.76. The molecule has 0 radical (unpaired) electrons. The van der Waals surface area contributed by atoms with Crippen molar-refractivity contribution in [3.8, 4) is 0 Å². The molecule has 16 heavy (non-hydrogen) atoms. The molecule has 0 unspecified atom stereocenters. The van der Waals surface area contributed by atoms with Gasteiger partial charge in [-0.15, -0.1) is 0 Å². The lowest BCUT2D eigenvalue weighted by atomic mass is 10.2. The van der Waals surface area contributed by atoms with Crippen molar-refractivity contribution in [3.05, 3.63) is 34.1 Å². The van der Waals surface area contributed by atoms with Crippen molar-refractivity contribution >= 4 is 17.3 Å². The maximum absolute atomic E-state index is 12.7. The van der Waals surface area contributed by atoms with Crippen LogP contribution in [0, 0.1) is 15.9 Å². The summed E-state index contributed by atoms with van der Waals surface area (Å²) in [6.45, 7) is 0.0435. The number of carbonyl (C=O) groups is 1. The fraction of sp³-hybridized carbons (Fsp3) is 0.222. The fourth-order valence-corrected chi connectivity index (χ4v) is 1.11. The Labute approximate surface area is 89.9 Å². The van der Waals surface area contributed by atoms with E-state index in [0.717, 1.165) is 12.1 Å². The SMILES string of the molecule is O=C(O)CCNc1ccc(F)cc1[N+](=O)[O-]. The second kappa shape index (κ2) is 5.06. The second-order valence-corrected chi connectivity index (χ2v) is 2.99. The minimum atomic E-state index is -1.02. The van der Waals surface area contributed by atoms with Crippen LogP contribution in [0.4, 0.5) is 15.8 Å². The summed E-state index contributed by atoms with van der Waals surface area (Å²) in [7, 11) is 0. The largest absolute Gasteiger partial charge is 0.481 e. The van der Waals surface area contributed by atoms with Crippen LogP contribution in [-0.4, -0.2) is 22.5 Å². The maximum Gasteiger partial charge on any atom is 0.305 e. The topological polar surface area (TPSA) is 92.5 Å². The van der Waals surface area contributed by atoms with Gasteiger partial charge in [-0.2, -0.15) is 0 Å². The summed E-state index contributed by atoms with van der Waals surface area (Å²) in [4.78, 5) is 20.1. The number of nitrogens with zero attached hydrogens (tertiary/aromatic N) is 1. The summed E-state index contributed by atoms with van der Waals surface area (Å²) >= 11 is 0. The average Bonchev–Trinajstić information content (AvgIpc) is 2.19. The van der Waals surface area contributed by atoms with Crippen LogP contribution < -0.4 is 5.32 Å². The lowest BCUT2D eigenvalue weighted by molar-refractivity contribution is -0.384. The van der Waals surface area contributed by atoms with Crippen molar-refractivity contribution in [2.45, 2.75) is 6.42 Å². The van der Waals surface area contributed by atoms with Crippen molar-refractivity contribution < 1.29 is 19.2 Å². The number of halogens is 1. The van der Waals surface area contributed by atoms with E-state index < -0.39 is 22.4 Å². The summed E-state index contributed by atoms with van der Waals surface area (Å²) in [5, 5.41) is 21.5. The molecule has 7 heteroatoms. The molecule has 0 aliphatic rings. The van der Waals surface area contributed by atoms with E-state index in [4.69, 9.17) is 5.11 Å². The molecular weight excluding hydrogens is 219 g/mol. The van der Waals surface area contributed by atoms with Gasteiger partial charge in [-0.1, -0.05) is 0 Å². The third kappa shape index (κ3) is 3.19. The van der Waals surface area contributed by atoms with Crippen molar-refractivity contribution in [2.24, 2.45) is 0 Å². The quantitative estimate of drug-likeness (QED) is 0.590. The molecule has 1 rings (SSSR count). The minimum absolute atomic E-state index is 0.0435. The molecular formula is C9H9FN2O4. The molecule has 0 spiro atoms. The van der Waals surface area contributed by atoms with Crippen LogP contribution in [-0.2, 0) is 4.79 Å². The van der Waals surface area contributed by atoms with Crippen LogP contribution in [0.5, 0.6) is 0 Å². The van der Waals surface area contributed by atoms with Gasteiger partial charge in [0.1, 0.15) is 11.5 Å². The molecule has 0 heterocycles. The summed E-state index contributed by atoms with van der Waals surface area (Å²) in [6, 6.07) is 3.05. The van der Waals surface area contributed by atoms with E-state index in [2.05, 4.69) is 5.32 Å². The predicted molar refractivity (Wildman–Crippen MR) is 53.8 cm³/mol. The van der Waals surface area contributed by atoms with Gasteiger partial charge >= 0.3 is 5.97 Å². The van der Waals surface area contributed by atoms with E-state index in [1.54, 1.807) is 0 Å². The first-order chi connectivity index (χ1) is 7.50. The minimum Gasteiger partial charge on any atom is -0.481 e. The van der Waals surface area contributed by atoms with Gasteiger partial charge in [0.2, 0.25) is 0 Å². The molecule has 0 aliphatic heterocycles. The summed E-state index contributed by atoms with van der Waals surface area (Å²) < 4.78 is 12.7. The Morgan fingerprint density at radius 1 is 1.56 bits per heavy atom. The molecule has 0 bridgehead atoms. The van der Waals surface area contributed by atoms with E-state index in [1.807, 2.05) is 0 Å². The zero-order valence-corrected chi connectivity index (χ0v) is 8.14. The van der Waals surface area contributed by atoms with E-state index in [1.165, 1.54) is 6.07 Å². The van der Waals surface area contributed by atoms with Crippen molar-refractivity contribution in [1.29, 1.82) is 0 Å². The highest BCUT2D eigenvalue weighted by molar-refractivity contribution is 5.68. The molecule has 0 saturated heterocycles. The Hall–Kier alpha value is -2.18. The number of anilines is 1. The van der Waals surface area contributed by atoms with Crippen LogP contribution in [0.25, 0.3) is 0 Å². The lowest BCUT2D eigenvalue weighted by Crippen LogP contribution is -2.09. The van der Waals surface area contributed by atoms with E-state index in [0.29, 0.717) is 0 Å². The molecule has 0 fully saturated rings. The molecule has 1 aromatic rings. The predicted octanol–water partition coefficient (Wildman–Crippen LogP) is 1.62. The number of rotatable bonds is 5. The Bertz CT molecular complexity index is 422. The number of nitrogens with one attached hydrogen (secondary N) is 1. The maximum atomic E-state index is 12.7. The van der Waals surface area contributed by atoms with E-state index in [9.17, 15) is 19.3 Å². The summed E-state index contributed by atoms with van der Waals surface area (Å²) in [5.74, 6) is -1.73. The van der Waals surface area contributed by atoms with Crippen molar-refractivity contribution in [2.75, 3.05) is 11.9 Å². The Balaban J connectivity index is 2.78. The fourth-order valence-electron chi connectivity index (χ4n) is 1.11. The summed E-state index contributed by atoms with van der Waals surface area (Å²) in [6.07, 6.45) is -0.172. The highest BCUT2D eigenvalue weighted by atomic mass is 19.1. The van der Waals surface area contributed by atoms with Crippen LogP contribution >= 0.6 is 0 Å². The molecule has 86 valence electrons. The zero-order chi connectivity index (χ0) is 12.1. The second-order valence-electron chi connectivity index (χ2n) is 2.99. The van der Waals surface area contributed by atoms with Gasteiger partial charge < -0.3 is 10.4 Å². The van der Waals surface area contributed by atoms with Gasteiger partial charge in [0, 0.05) is 6.54 Å². The number of carboxylic acids is 1. The standard InChI is InChI=1S/C9H9FN2O4/c10-6-1-2-7(8(5-6)12(15)16)11-4-3-9(13)14/h1-2,5,11H,3-4H2,(H,13,14). The molecule has 0 aromatic heterocycles. The Morgan fingerprint density at radius 3 is 2.81 bits per heavy atom. The molecule has 6 nitrogen and oxygen atoms in total. The first kappa shape index (κ1) is 11.9. The monoisotopic (exact) mass is 228 g/mol. The molecule has 0 amide bonds. The van der Waals surface area contributed by atoms with Gasteiger partial charge in [0.05, 0.1) is 17.4 Å². The van der Waals surface area contributed by atoms with Gasteiger partial charge in [-0.3, -0.25) is 14.9 Å². The van der Waals surface area contributed by atoms with Crippen molar-refractivity contribution in [3.63, 3.8) is 0 Å². The molecule has 0 atom stereocenters. The van der Waals surface area contributed by atoms with E-state index >= 15 is 0 Å². The molecule has 1 aromatic carbocycles. The number of carboxylic acid groups (broad SMARTS) is 1. The number of nitro benzene ring substituents is 1. The number of aliphatic carboxylic acids is 1. The third-order valence-electron chi connectivity index (χ3n) is 1.81. The molecule has 0 saturated carbocycles. The molecule has 0 aliphatic carbocycles. The van der Waals surface area contributed by atoms with E-state index in [-0.39, 0.29) is 18.7 Å². The van der Waals surface area contributed by atoms with Gasteiger partial charge in [-0.05, 0) is 12.1 Å². The molecule has 2 N–H and O–H groups in total. The normalized spacial score (nSPS) is 9.81. The number of hydrogen-bond donors (Lipinski definition) is 2. The van der Waals surface area contributed by atoms with Gasteiger partial charge in [0.25, 0.3) is 5.69 Å². The van der Waals surface area contributed by atoms with Crippen molar-refractivity contribution in [1.82, 2.24) is 0 Å². The third-order valence-corrected chi connectivity index (χ3v) is 1.81. The smallest absolute Gasteiger partial charge is 0.305 e. The van der Waals surface area contributed by atoms with Crippen LogP contribution in [0.3, 0.4) is 0 Å². The zero-order valence-electron chi connectivity index (χ0n) is 8.14. The lowest BCUT2D eigenvalue weighted by Gasteiger charge is -2.05.